The maximum atomic E-state index is 12.7. The summed E-state index contributed by atoms with van der Waals surface area (Å²) in [6, 6.07) is 8.37. The molecule has 1 aromatic rings. The zero-order chi connectivity index (χ0) is 13.0. The van der Waals surface area contributed by atoms with Crippen molar-refractivity contribution in [3.63, 3.8) is 0 Å². The van der Waals surface area contributed by atoms with E-state index in [1.54, 1.807) is 30.3 Å². The minimum absolute atomic E-state index is 0.0832. The standard InChI is InChI=1S/C14H16O3S/c1-13-9-5-8-12(15)14(13,10-13)18(16,17)11-6-3-2-4-7-11/h2-4,6-7H,5,8-10H2,1H3/t13-,14+/m0/s1. The van der Waals surface area contributed by atoms with E-state index < -0.39 is 14.6 Å². The van der Waals surface area contributed by atoms with Crippen LogP contribution >= 0.6 is 0 Å². The third-order valence-electron chi connectivity index (χ3n) is 4.58. The summed E-state index contributed by atoms with van der Waals surface area (Å²) in [5.41, 5.74) is -0.336. The molecule has 2 aliphatic rings. The summed E-state index contributed by atoms with van der Waals surface area (Å²) in [5.74, 6) is -0.0832. The van der Waals surface area contributed by atoms with E-state index in [1.165, 1.54) is 0 Å². The van der Waals surface area contributed by atoms with Crippen LogP contribution in [0.3, 0.4) is 0 Å². The minimum Gasteiger partial charge on any atom is -0.298 e. The number of hydrogen-bond donors (Lipinski definition) is 0. The van der Waals surface area contributed by atoms with Crippen LogP contribution in [-0.4, -0.2) is 18.9 Å². The first-order valence-corrected chi connectivity index (χ1v) is 7.75. The second-order valence-electron chi connectivity index (χ2n) is 5.66. The zero-order valence-corrected chi connectivity index (χ0v) is 11.2. The Hall–Kier alpha value is -1.16. The average molecular weight is 264 g/mol. The van der Waals surface area contributed by atoms with Gasteiger partial charge >= 0.3 is 0 Å². The van der Waals surface area contributed by atoms with Crippen LogP contribution in [0.1, 0.15) is 32.6 Å². The molecule has 3 nitrogen and oxygen atoms in total. The van der Waals surface area contributed by atoms with Crippen LogP contribution in [0.5, 0.6) is 0 Å². The van der Waals surface area contributed by atoms with Crippen LogP contribution in [0.25, 0.3) is 0 Å². The number of carbonyl (C=O) groups is 1. The van der Waals surface area contributed by atoms with Crippen LogP contribution < -0.4 is 0 Å². The van der Waals surface area contributed by atoms with Gasteiger partial charge in [-0.3, -0.25) is 4.79 Å². The predicted octanol–water partition coefficient (Wildman–Crippen LogP) is 2.36. The number of ketones is 1. The van der Waals surface area contributed by atoms with Crippen LogP contribution in [-0.2, 0) is 14.6 Å². The molecule has 0 unspecified atom stereocenters. The Bertz CT molecular complexity index is 605. The molecule has 18 heavy (non-hydrogen) atoms. The Kier molecular flexibility index (Phi) is 2.28. The van der Waals surface area contributed by atoms with Crippen molar-refractivity contribution >= 4 is 15.6 Å². The molecule has 2 atom stereocenters. The highest BCUT2D eigenvalue weighted by atomic mass is 32.2. The monoisotopic (exact) mass is 264 g/mol. The van der Waals surface area contributed by atoms with Gasteiger partial charge in [0.2, 0.25) is 0 Å². The number of benzene rings is 1. The smallest absolute Gasteiger partial charge is 0.191 e. The molecule has 0 saturated heterocycles. The number of fused-ring (bicyclic) bond motifs is 1. The Labute approximate surface area is 107 Å². The molecule has 0 aliphatic heterocycles. The van der Waals surface area contributed by atoms with Crippen molar-refractivity contribution < 1.29 is 13.2 Å². The van der Waals surface area contributed by atoms with E-state index in [0.29, 0.717) is 12.8 Å². The summed E-state index contributed by atoms with van der Waals surface area (Å²) in [7, 11) is -3.54. The number of hydrogen-bond acceptors (Lipinski definition) is 3. The SMILES string of the molecule is C[C@@]12CCCC(=O)[C@]1(S(=O)(=O)c1ccccc1)C2. The number of carbonyl (C=O) groups excluding carboxylic acids is 1. The molecule has 0 spiro atoms. The van der Waals surface area contributed by atoms with E-state index in [1.807, 2.05) is 6.92 Å². The molecule has 0 N–H and O–H groups in total. The van der Waals surface area contributed by atoms with Crippen molar-refractivity contribution in [1.29, 1.82) is 0 Å². The van der Waals surface area contributed by atoms with Crippen LogP contribution in [0.15, 0.2) is 35.2 Å². The Morgan fingerprint density at radius 2 is 1.83 bits per heavy atom. The number of Topliss-reactive ketones (excluding diaryl/α,β-unsaturated/α-hetero) is 1. The molecule has 2 saturated carbocycles. The van der Waals surface area contributed by atoms with E-state index in [4.69, 9.17) is 0 Å². The van der Waals surface area contributed by atoms with Crippen molar-refractivity contribution in [2.24, 2.45) is 5.41 Å². The molecular weight excluding hydrogens is 248 g/mol. The highest BCUT2D eigenvalue weighted by Gasteiger charge is 2.76. The van der Waals surface area contributed by atoms with E-state index in [9.17, 15) is 13.2 Å². The molecule has 2 aliphatic carbocycles. The maximum Gasteiger partial charge on any atom is 0.191 e. The fourth-order valence-electron chi connectivity index (χ4n) is 3.44. The van der Waals surface area contributed by atoms with Gasteiger partial charge in [0.1, 0.15) is 4.75 Å². The van der Waals surface area contributed by atoms with Gasteiger partial charge in [0.15, 0.2) is 15.6 Å². The van der Waals surface area contributed by atoms with Gasteiger partial charge in [-0.25, -0.2) is 8.42 Å². The zero-order valence-electron chi connectivity index (χ0n) is 10.3. The van der Waals surface area contributed by atoms with Crippen LogP contribution in [0.2, 0.25) is 0 Å². The summed E-state index contributed by atoms with van der Waals surface area (Å²) in [6.45, 7) is 1.94. The van der Waals surface area contributed by atoms with Gasteiger partial charge in [-0.2, -0.15) is 0 Å². The molecule has 3 rings (SSSR count). The summed E-state index contributed by atoms with van der Waals surface area (Å²) in [4.78, 5) is 12.5. The molecule has 0 heterocycles. The van der Waals surface area contributed by atoms with Gasteiger partial charge in [0.25, 0.3) is 0 Å². The lowest BCUT2D eigenvalue weighted by atomic mass is 9.89. The van der Waals surface area contributed by atoms with Crippen molar-refractivity contribution in [3.05, 3.63) is 30.3 Å². The maximum absolute atomic E-state index is 12.7. The quantitative estimate of drug-likeness (QED) is 0.824. The highest BCUT2D eigenvalue weighted by molar-refractivity contribution is 7.94. The van der Waals surface area contributed by atoms with Gasteiger partial charge < -0.3 is 0 Å². The van der Waals surface area contributed by atoms with Crippen molar-refractivity contribution in [3.8, 4) is 0 Å². The molecule has 0 bridgehead atoms. The minimum atomic E-state index is -3.54. The lowest BCUT2D eigenvalue weighted by molar-refractivity contribution is -0.121. The molecule has 4 heteroatoms. The Balaban J connectivity index is 2.13. The van der Waals surface area contributed by atoms with E-state index in [0.717, 1.165) is 12.8 Å². The Morgan fingerprint density at radius 3 is 2.44 bits per heavy atom. The van der Waals surface area contributed by atoms with Gasteiger partial charge in [-0.05, 0) is 36.8 Å². The lowest BCUT2D eigenvalue weighted by Crippen LogP contribution is -2.40. The molecular formula is C14H16O3S. The van der Waals surface area contributed by atoms with Gasteiger partial charge in [0, 0.05) is 6.42 Å². The molecule has 0 radical (unpaired) electrons. The number of rotatable bonds is 2. The fraction of sp³-hybridized carbons (Fsp3) is 0.500. The van der Waals surface area contributed by atoms with Gasteiger partial charge in [0.05, 0.1) is 4.90 Å². The van der Waals surface area contributed by atoms with Crippen molar-refractivity contribution in [2.75, 3.05) is 0 Å². The molecule has 0 aromatic heterocycles. The second kappa shape index (κ2) is 3.44. The van der Waals surface area contributed by atoms with Crippen molar-refractivity contribution in [1.82, 2.24) is 0 Å². The van der Waals surface area contributed by atoms with Gasteiger partial charge in [-0.15, -0.1) is 0 Å². The molecule has 2 fully saturated rings. The van der Waals surface area contributed by atoms with E-state index >= 15 is 0 Å². The third kappa shape index (κ3) is 1.24. The summed E-state index contributed by atoms with van der Waals surface area (Å²) in [6.07, 6.45) is 2.56. The topological polar surface area (TPSA) is 51.2 Å². The van der Waals surface area contributed by atoms with E-state index in [2.05, 4.69) is 0 Å². The van der Waals surface area contributed by atoms with Crippen molar-refractivity contribution in [2.45, 2.75) is 42.2 Å². The van der Waals surface area contributed by atoms with E-state index in [-0.39, 0.29) is 16.1 Å². The third-order valence-corrected chi connectivity index (χ3v) is 7.26. The predicted molar refractivity (Wildman–Crippen MR) is 67.9 cm³/mol. The first-order valence-electron chi connectivity index (χ1n) is 6.27. The summed E-state index contributed by atoms with van der Waals surface area (Å²) < 4.78 is 24.4. The first-order chi connectivity index (χ1) is 8.44. The number of sulfone groups is 1. The summed E-state index contributed by atoms with van der Waals surface area (Å²) >= 11 is 0. The Morgan fingerprint density at radius 1 is 1.17 bits per heavy atom. The van der Waals surface area contributed by atoms with Crippen LogP contribution in [0, 0.1) is 5.41 Å². The molecule has 0 amide bonds. The second-order valence-corrected chi connectivity index (χ2v) is 7.83. The summed E-state index contributed by atoms with van der Waals surface area (Å²) in [5, 5.41) is 0. The molecule has 96 valence electrons. The normalized spacial score (nSPS) is 35.1. The lowest BCUT2D eigenvalue weighted by Gasteiger charge is -2.26. The fourth-order valence-corrected chi connectivity index (χ4v) is 6.02. The average Bonchev–Trinajstić information content (AvgIpc) is 3.00. The molecule has 1 aromatic carbocycles. The highest BCUT2D eigenvalue weighted by Crippen LogP contribution is 2.68. The van der Waals surface area contributed by atoms with Gasteiger partial charge in [-0.1, -0.05) is 25.1 Å². The largest absolute Gasteiger partial charge is 0.298 e. The first kappa shape index (κ1) is 11.9. The van der Waals surface area contributed by atoms with Crippen LogP contribution in [0.4, 0.5) is 0 Å².